The van der Waals surface area contributed by atoms with Crippen LogP contribution in [0, 0.1) is 0 Å². The van der Waals surface area contributed by atoms with Crippen LogP contribution in [0.5, 0.6) is 0 Å². The zero-order valence-corrected chi connectivity index (χ0v) is 12.8. The summed E-state index contributed by atoms with van der Waals surface area (Å²) in [5.41, 5.74) is 1.11. The summed E-state index contributed by atoms with van der Waals surface area (Å²) < 4.78 is 0. The third kappa shape index (κ3) is 3.90. The summed E-state index contributed by atoms with van der Waals surface area (Å²) in [5.74, 6) is 1.11. The first kappa shape index (κ1) is 15.2. The van der Waals surface area contributed by atoms with E-state index in [1.807, 2.05) is 44.2 Å². The molecule has 1 amide bonds. The van der Waals surface area contributed by atoms with Crippen LogP contribution >= 0.6 is 0 Å². The molecule has 21 heavy (non-hydrogen) atoms. The van der Waals surface area contributed by atoms with Crippen LogP contribution in [0.2, 0.25) is 0 Å². The number of amides is 1. The molecule has 0 unspecified atom stereocenters. The van der Waals surface area contributed by atoms with E-state index in [0.29, 0.717) is 13.1 Å². The van der Waals surface area contributed by atoms with Crippen LogP contribution in [-0.2, 0) is 6.54 Å². The van der Waals surface area contributed by atoms with Crippen LogP contribution in [0.25, 0.3) is 0 Å². The molecule has 0 aliphatic heterocycles. The third-order valence-electron chi connectivity index (χ3n) is 3.24. The zero-order chi connectivity index (χ0) is 15.2. The van der Waals surface area contributed by atoms with Gasteiger partial charge in [-0.25, -0.2) is 4.98 Å². The maximum atomic E-state index is 12.6. The molecule has 0 atom stereocenters. The monoisotopic (exact) mass is 286 g/mol. The summed E-state index contributed by atoms with van der Waals surface area (Å²) >= 11 is 0. The average Bonchev–Trinajstić information content (AvgIpc) is 2.97. The Morgan fingerprint density at radius 3 is 2.57 bits per heavy atom. The second-order valence-electron chi connectivity index (χ2n) is 5.41. The van der Waals surface area contributed by atoms with Crippen molar-refractivity contribution in [3.05, 3.63) is 47.5 Å². The fourth-order valence-corrected chi connectivity index (χ4v) is 2.10. The lowest BCUT2D eigenvalue weighted by Gasteiger charge is -2.20. The van der Waals surface area contributed by atoms with Gasteiger partial charge in [-0.3, -0.25) is 9.89 Å². The van der Waals surface area contributed by atoms with Crippen molar-refractivity contribution in [3.63, 3.8) is 0 Å². The lowest BCUT2D eigenvalue weighted by atomic mass is 10.2. The average molecular weight is 286 g/mol. The highest BCUT2D eigenvalue weighted by Crippen LogP contribution is 2.11. The van der Waals surface area contributed by atoms with Crippen molar-refractivity contribution in [3.8, 4) is 0 Å². The summed E-state index contributed by atoms with van der Waals surface area (Å²) in [6.07, 6.45) is 0.903. The third-order valence-corrected chi connectivity index (χ3v) is 3.24. The van der Waals surface area contributed by atoms with Gasteiger partial charge in [0.15, 0.2) is 0 Å². The quantitative estimate of drug-likeness (QED) is 0.888. The van der Waals surface area contributed by atoms with E-state index in [9.17, 15) is 4.79 Å². The Morgan fingerprint density at radius 2 is 2.00 bits per heavy atom. The molecule has 0 aliphatic rings. The number of nitrogens with one attached hydrogen (secondary N) is 1. The maximum Gasteiger partial charge on any atom is 0.293 e. The van der Waals surface area contributed by atoms with E-state index in [1.165, 1.54) is 0 Å². The summed E-state index contributed by atoms with van der Waals surface area (Å²) in [5, 5.41) is 6.89. The van der Waals surface area contributed by atoms with E-state index in [2.05, 4.69) is 22.1 Å². The van der Waals surface area contributed by atoms with Crippen LogP contribution in [0.4, 0.5) is 0 Å². The number of carbonyl (C=O) groups excluding carboxylic acids is 1. The standard InChI is InChI=1S/C16H22N4O/c1-4-10-20(11-13-8-6-5-7-9-13)16(21)15-17-14(12(2)3)18-19-15/h5-9,12H,4,10-11H2,1-3H3,(H,17,18,19). The van der Waals surface area contributed by atoms with Crippen LogP contribution in [0.3, 0.4) is 0 Å². The Hall–Kier alpha value is -2.17. The molecule has 2 aromatic rings. The van der Waals surface area contributed by atoms with Gasteiger partial charge >= 0.3 is 0 Å². The van der Waals surface area contributed by atoms with Gasteiger partial charge in [0, 0.05) is 19.0 Å². The van der Waals surface area contributed by atoms with Crippen LogP contribution in [0.15, 0.2) is 30.3 Å². The molecule has 5 heteroatoms. The topological polar surface area (TPSA) is 61.9 Å². The fourth-order valence-electron chi connectivity index (χ4n) is 2.10. The zero-order valence-electron chi connectivity index (χ0n) is 12.8. The number of aromatic amines is 1. The smallest absolute Gasteiger partial charge is 0.293 e. The minimum absolute atomic E-state index is 0.121. The van der Waals surface area contributed by atoms with Gasteiger partial charge in [-0.15, -0.1) is 5.10 Å². The van der Waals surface area contributed by atoms with Crippen molar-refractivity contribution in [2.45, 2.75) is 39.7 Å². The predicted molar refractivity (Wildman–Crippen MR) is 81.9 cm³/mol. The first-order chi connectivity index (χ1) is 10.1. The van der Waals surface area contributed by atoms with Crippen molar-refractivity contribution in [1.82, 2.24) is 20.1 Å². The normalized spacial score (nSPS) is 10.9. The van der Waals surface area contributed by atoms with Gasteiger partial charge in [-0.05, 0) is 12.0 Å². The molecule has 0 spiro atoms. The van der Waals surface area contributed by atoms with Gasteiger partial charge in [0.05, 0.1) is 0 Å². The van der Waals surface area contributed by atoms with Gasteiger partial charge in [0.2, 0.25) is 5.82 Å². The molecular formula is C16H22N4O. The number of carbonyl (C=O) groups is 1. The Bertz CT molecular complexity index is 577. The Balaban J connectivity index is 2.14. The summed E-state index contributed by atoms with van der Waals surface area (Å²) in [7, 11) is 0. The number of aromatic nitrogens is 3. The van der Waals surface area contributed by atoms with Crippen molar-refractivity contribution in [2.24, 2.45) is 0 Å². The summed E-state index contributed by atoms with van der Waals surface area (Å²) in [6, 6.07) is 9.97. The SMILES string of the molecule is CCCN(Cc1ccccc1)C(=O)c1n[nH]c(C(C)C)n1. The summed E-state index contributed by atoms with van der Waals surface area (Å²) in [6.45, 7) is 7.37. The highest BCUT2D eigenvalue weighted by Gasteiger charge is 2.20. The molecule has 0 aliphatic carbocycles. The van der Waals surface area contributed by atoms with E-state index in [-0.39, 0.29) is 17.6 Å². The highest BCUT2D eigenvalue weighted by molar-refractivity contribution is 5.90. The number of rotatable bonds is 6. The van der Waals surface area contributed by atoms with E-state index in [0.717, 1.165) is 17.8 Å². The predicted octanol–water partition coefficient (Wildman–Crippen LogP) is 2.98. The number of hydrogen-bond donors (Lipinski definition) is 1. The van der Waals surface area contributed by atoms with Gasteiger partial charge < -0.3 is 4.90 Å². The van der Waals surface area contributed by atoms with Crippen molar-refractivity contribution < 1.29 is 4.79 Å². The summed E-state index contributed by atoms with van der Waals surface area (Å²) in [4.78, 5) is 18.6. The molecule has 1 N–H and O–H groups in total. The van der Waals surface area contributed by atoms with Crippen LogP contribution in [-0.4, -0.2) is 32.5 Å². The van der Waals surface area contributed by atoms with E-state index in [4.69, 9.17) is 0 Å². The van der Waals surface area contributed by atoms with E-state index in [1.54, 1.807) is 4.90 Å². The largest absolute Gasteiger partial charge is 0.332 e. The number of H-pyrrole nitrogens is 1. The van der Waals surface area contributed by atoms with Crippen LogP contribution in [0.1, 0.15) is 55.1 Å². The molecule has 1 heterocycles. The van der Waals surface area contributed by atoms with Gasteiger partial charge in [0.25, 0.3) is 5.91 Å². The molecule has 1 aromatic carbocycles. The first-order valence-electron chi connectivity index (χ1n) is 7.37. The molecule has 0 saturated heterocycles. The minimum Gasteiger partial charge on any atom is -0.332 e. The Morgan fingerprint density at radius 1 is 1.29 bits per heavy atom. The van der Waals surface area contributed by atoms with E-state index >= 15 is 0 Å². The maximum absolute atomic E-state index is 12.6. The fraction of sp³-hybridized carbons (Fsp3) is 0.438. The Kier molecular flexibility index (Phi) is 5.09. The van der Waals surface area contributed by atoms with Crippen molar-refractivity contribution >= 4 is 5.91 Å². The second kappa shape index (κ2) is 7.02. The molecule has 112 valence electrons. The number of nitrogens with zero attached hydrogens (tertiary/aromatic N) is 3. The molecule has 0 saturated carbocycles. The molecule has 1 aromatic heterocycles. The van der Waals surface area contributed by atoms with Crippen LogP contribution < -0.4 is 0 Å². The minimum atomic E-state index is -0.121. The van der Waals surface area contributed by atoms with Gasteiger partial charge in [-0.2, -0.15) is 0 Å². The molecule has 0 radical (unpaired) electrons. The molecule has 2 rings (SSSR count). The Labute approximate surface area is 125 Å². The molecule has 0 fully saturated rings. The van der Waals surface area contributed by atoms with Crippen molar-refractivity contribution in [1.29, 1.82) is 0 Å². The number of benzene rings is 1. The highest BCUT2D eigenvalue weighted by atomic mass is 16.2. The molecule has 5 nitrogen and oxygen atoms in total. The number of hydrogen-bond acceptors (Lipinski definition) is 3. The first-order valence-corrected chi connectivity index (χ1v) is 7.37. The lowest BCUT2D eigenvalue weighted by molar-refractivity contribution is 0.0731. The molecule has 0 bridgehead atoms. The second-order valence-corrected chi connectivity index (χ2v) is 5.41. The lowest BCUT2D eigenvalue weighted by Crippen LogP contribution is -2.32. The van der Waals surface area contributed by atoms with Gasteiger partial charge in [-0.1, -0.05) is 51.1 Å². The molecular weight excluding hydrogens is 264 g/mol. The van der Waals surface area contributed by atoms with E-state index < -0.39 is 0 Å². The van der Waals surface area contributed by atoms with Gasteiger partial charge in [0.1, 0.15) is 5.82 Å². The van der Waals surface area contributed by atoms with Crippen molar-refractivity contribution in [2.75, 3.05) is 6.54 Å².